The Morgan fingerprint density at radius 2 is 2.05 bits per heavy atom. The number of H-pyrrole nitrogens is 1. The molecule has 6 heteroatoms. The van der Waals surface area contributed by atoms with Crippen LogP contribution in [-0.4, -0.2) is 26.0 Å². The normalized spacial score (nSPS) is 20.4. The highest BCUT2D eigenvalue weighted by atomic mass is 32.2. The second-order valence-electron chi connectivity index (χ2n) is 5.66. The highest BCUT2D eigenvalue weighted by molar-refractivity contribution is 7.89. The van der Waals surface area contributed by atoms with Gasteiger partial charge in [0.15, 0.2) is 0 Å². The van der Waals surface area contributed by atoms with Crippen LogP contribution < -0.4 is 10.0 Å². The van der Waals surface area contributed by atoms with E-state index in [9.17, 15) is 8.42 Å². The van der Waals surface area contributed by atoms with E-state index in [0.29, 0.717) is 29.9 Å². The molecule has 0 atom stereocenters. The molecule has 0 aromatic carbocycles. The van der Waals surface area contributed by atoms with Gasteiger partial charge in [0.05, 0.1) is 4.90 Å². The molecule has 0 radical (unpaired) electrons. The number of nitrogens with one attached hydrogen (secondary N) is 3. The summed E-state index contributed by atoms with van der Waals surface area (Å²) in [5, 5.41) is 3.36. The van der Waals surface area contributed by atoms with Crippen LogP contribution in [0.25, 0.3) is 0 Å². The number of hydrogen-bond acceptors (Lipinski definition) is 3. The Hall–Kier alpha value is -0.850. The van der Waals surface area contributed by atoms with Crippen LogP contribution in [0.15, 0.2) is 17.2 Å². The standard InChI is InChI=1S/C13H21N3O2S/c17-19(18,16-7-10-2-1-3-10)13-6-12(15-9-13)8-14-11-4-5-11/h6,9-11,14-16H,1-5,7-8H2. The molecule has 0 saturated heterocycles. The van der Waals surface area contributed by atoms with Crippen LogP contribution in [0.5, 0.6) is 0 Å². The zero-order valence-electron chi connectivity index (χ0n) is 11.0. The number of hydrogen-bond donors (Lipinski definition) is 3. The first kappa shape index (κ1) is 13.1. The molecule has 0 unspecified atom stereocenters. The average Bonchev–Trinajstić information content (AvgIpc) is 3.01. The summed E-state index contributed by atoms with van der Waals surface area (Å²) < 4.78 is 26.9. The Kier molecular flexibility index (Phi) is 3.64. The van der Waals surface area contributed by atoms with Crippen molar-refractivity contribution in [3.8, 4) is 0 Å². The molecule has 2 saturated carbocycles. The maximum Gasteiger partial charge on any atom is 0.242 e. The lowest BCUT2D eigenvalue weighted by Gasteiger charge is -2.25. The fourth-order valence-electron chi connectivity index (χ4n) is 2.23. The van der Waals surface area contributed by atoms with Gasteiger partial charge in [0.2, 0.25) is 10.0 Å². The van der Waals surface area contributed by atoms with E-state index < -0.39 is 10.0 Å². The van der Waals surface area contributed by atoms with Crippen molar-refractivity contribution in [1.82, 2.24) is 15.0 Å². The fraction of sp³-hybridized carbons (Fsp3) is 0.692. The summed E-state index contributed by atoms with van der Waals surface area (Å²) in [6, 6.07) is 2.35. The van der Waals surface area contributed by atoms with Crippen LogP contribution >= 0.6 is 0 Å². The summed E-state index contributed by atoms with van der Waals surface area (Å²) in [4.78, 5) is 3.38. The van der Waals surface area contributed by atoms with Gasteiger partial charge in [0, 0.05) is 31.0 Å². The maximum atomic E-state index is 12.1. The van der Waals surface area contributed by atoms with E-state index in [4.69, 9.17) is 0 Å². The SMILES string of the molecule is O=S(=O)(NCC1CCC1)c1c[nH]c(CNC2CC2)c1. The maximum absolute atomic E-state index is 12.1. The first-order valence-corrected chi connectivity index (χ1v) is 8.52. The van der Waals surface area contributed by atoms with Crippen LogP contribution in [0.1, 0.15) is 37.8 Å². The molecule has 3 rings (SSSR count). The van der Waals surface area contributed by atoms with E-state index in [1.54, 1.807) is 12.3 Å². The zero-order valence-corrected chi connectivity index (χ0v) is 11.8. The lowest BCUT2D eigenvalue weighted by Crippen LogP contribution is -2.32. The summed E-state index contributed by atoms with van der Waals surface area (Å²) in [7, 11) is -3.34. The molecule has 3 N–H and O–H groups in total. The molecular formula is C13H21N3O2S. The summed E-state index contributed by atoms with van der Waals surface area (Å²) in [5.41, 5.74) is 0.927. The van der Waals surface area contributed by atoms with Gasteiger partial charge in [-0.05, 0) is 37.7 Å². The zero-order chi connectivity index (χ0) is 13.3. The van der Waals surface area contributed by atoms with E-state index in [0.717, 1.165) is 18.5 Å². The molecule has 0 amide bonds. The molecule has 2 fully saturated rings. The third kappa shape index (κ3) is 3.38. The highest BCUT2D eigenvalue weighted by Crippen LogP contribution is 2.26. The Labute approximate surface area is 114 Å². The molecule has 0 aliphatic heterocycles. The van der Waals surface area contributed by atoms with Crippen LogP contribution in [0.2, 0.25) is 0 Å². The first-order valence-electron chi connectivity index (χ1n) is 7.04. The van der Waals surface area contributed by atoms with Gasteiger partial charge in [-0.25, -0.2) is 13.1 Å². The van der Waals surface area contributed by atoms with E-state index in [-0.39, 0.29) is 0 Å². The van der Waals surface area contributed by atoms with Crippen molar-refractivity contribution >= 4 is 10.0 Å². The number of aromatic amines is 1. The quantitative estimate of drug-likeness (QED) is 0.707. The minimum absolute atomic E-state index is 0.347. The van der Waals surface area contributed by atoms with E-state index in [1.165, 1.54) is 19.3 Å². The predicted molar refractivity (Wildman–Crippen MR) is 73.2 cm³/mol. The molecule has 1 heterocycles. The Morgan fingerprint density at radius 1 is 1.26 bits per heavy atom. The van der Waals surface area contributed by atoms with Crippen molar-refractivity contribution < 1.29 is 8.42 Å². The third-order valence-electron chi connectivity index (χ3n) is 3.97. The van der Waals surface area contributed by atoms with Crippen molar-refractivity contribution in [2.24, 2.45) is 5.92 Å². The minimum Gasteiger partial charge on any atom is -0.363 e. The monoisotopic (exact) mass is 283 g/mol. The molecule has 2 aliphatic carbocycles. The molecule has 5 nitrogen and oxygen atoms in total. The van der Waals surface area contributed by atoms with Crippen molar-refractivity contribution in [1.29, 1.82) is 0 Å². The van der Waals surface area contributed by atoms with Crippen molar-refractivity contribution in [2.75, 3.05) is 6.54 Å². The topological polar surface area (TPSA) is 74.0 Å². The summed E-state index contributed by atoms with van der Waals surface area (Å²) in [5.74, 6) is 0.532. The fourth-order valence-corrected chi connectivity index (χ4v) is 3.36. The number of aromatic nitrogens is 1. The number of sulfonamides is 1. The molecule has 1 aromatic heterocycles. The average molecular weight is 283 g/mol. The van der Waals surface area contributed by atoms with Gasteiger partial charge in [-0.15, -0.1) is 0 Å². The molecule has 2 aliphatic rings. The molecular weight excluding hydrogens is 262 g/mol. The first-order chi connectivity index (χ1) is 9.13. The van der Waals surface area contributed by atoms with Crippen molar-refractivity contribution in [3.63, 3.8) is 0 Å². The lowest BCUT2D eigenvalue weighted by molar-refractivity contribution is 0.316. The lowest BCUT2D eigenvalue weighted by atomic mass is 9.86. The number of rotatable bonds is 7. The van der Waals surface area contributed by atoms with E-state index >= 15 is 0 Å². The summed E-state index contributed by atoms with van der Waals surface area (Å²) >= 11 is 0. The Balaban J connectivity index is 1.56. The Morgan fingerprint density at radius 3 is 2.68 bits per heavy atom. The van der Waals surface area contributed by atoms with Gasteiger partial charge in [-0.2, -0.15) is 0 Å². The van der Waals surface area contributed by atoms with Gasteiger partial charge >= 0.3 is 0 Å². The largest absolute Gasteiger partial charge is 0.363 e. The van der Waals surface area contributed by atoms with E-state index in [2.05, 4.69) is 15.0 Å². The van der Waals surface area contributed by atoms with E-state index in [1.807, 2.05) is 0 Å². The van der Waals surface area contributed by atoms with Gasteiger partial charge in [0.25, 0.3) is 0 Å². The van der Waals surface area contributed by atoms with Crippen molar-refractivity contribution in [2.45, 2.75) is 49.6 Å². The van der Waals surface area contributed by atoms with Gasteiger partial charge < -0.3 is 10.3 Å². The molecule has 19 heavy (non-hydrogen) atoms. The third-order valence-corrected chi connectivity index (χ3v) is 5.37. The van der Waals surface area contributed by atoms with Crippen LogP contribution in [0.4, 0.5) is 0 Å². The summed E-state index contributed by atoms with van der Waals surface area (Å²) in [6.45, 7) is 1.28. The molecule has 0 bridgehead atoms. The second kappa shape index (κ2) is 5.26. The van der Waals surface area contributed by atoms with Crippen LogP contribution in [0.3, 0.4) is 0 Å². The van der Waals surface area contributed by atoms with Crippen LogP contribution in [-0.2, 0) is 16.6 Å². The van der Waals surface area contributed by atoms with Gasteiger partial charge in [-0.1, -0.05) is 6.42 Å². The summed E-state index contributed by atoms with van der Waals surface area (Å²) in [6.07, 6.45) is 7.56. The molecule has 106 valence electrons. The van der Waals surface area contributed by atoms with Gasteiger partial charge in [-0.3, -0.25) is 0 Å². The molecule has 1 aromatic rings. The second-order valence-corrected chi connectivity index (χ2v) is 7.43. The molecule has 0 spiro atoms. The predicted octanol–water partition coefficient (Wildman–Crippen LogP) is 1.35. The Bertz CT molecular complexity index is 530. The van der Waals surface area contributed by atoms with Crippen LogP contribution in [0, 0.1) is 5.92 Å². The van der Waals surface area contributed by atoms with Gasteiger partial charge in [0.1, 0.15) is 0 Å². The minimum atomic E-state index is -3.34. The van der Waals surface area contributed by atoms with Crippen molar-refractivity contribution in [3.05, 3.63) is 18.0 Å². The smallest absolute Gasteiger partial charge is 0.242 e. The highest BCUT2D eigenvalue weighted by Gasteiger charge is 2.23.